The molecule has 0 unspecified atom stereocenters. The normalized spacial score (nSPS) is 19.1. The predicted octanol–water partition coefficient (Wildman–Crippen LogP) is 6.45. The smallest absolute Gasteiger partial charge is 0.328 e. The number of benzene rings is 2. The van der Waals surface area contributed by atoms with E-state index in [1.807, 2.05) is 0 Å². The fraction of sp³-hybridized carbons (Fsp3) is 0.410. The summed E-state index contributed by atoms with van der Waals surface area (Å²) >= 11 is 0. The largest absolute Gasteiger partial charge is 0.478 e. The molecule has 2 aromatic carbocycles. The van der Waals surface area contributed by atoms with Crippen molar-refractivity contribution in [1.82, 2.24) is 15.2 Å². The fourth-order valence-corrected chi connectivity index (χ4v) is 8.22. The van der Waals surface area contributed by atoms with Crippen molar-refractivity contribution in [3.05, 3.63) is 88.1 Å². The summed E-state index contributed by atoms with van der Waals surface area (Å²) in [4.78, 5) is 38.8. The highest BCUT2D eigenvalue weighted by atomic mass is 16.4. The zero-order valence-electron chi connectivity index (χ0n) is 26.9. The van der Waals surface area contributed by atoms with Crippen LogP contribution < -0.4 is 16.0 Å². The zero-order valence-corrected chi connectivity index (χ0v) is 26.9. The van der Waals surface area contributed by atoms with Gasteiger partial charge in [0.15, 0.2) is 0 Å². The summed E-state index contributed by atoms with van der Waals surface area (Å²) in [5, 5.41) is 18.5. The molecule has 244 valence electrons. The number of rotatable bonds is 7. The van der Waals surface area contributed by atoms with E-state index in [1.54, 1.807) is 24.3 Å². The lowest BCUT2D eigenvalue weighted by Crippen LogP contribution is -2.61. The number of aryl methyl sites for hydroxylation is 1. The Bertz CT molecular complexity index is 1740. The molecule has 8 nitrogen and oxygen atoms in total. The first-order valence-electron chi connectivity index (χ1n) is 17.3. The van der Waals surface area contributed by atoms with Crippen LogP contribution in [-0.2, 0) is 33.8 Å². The molecule has 1 saturated heterocycles. The van der Waals surface area contributed by atoms with Crippen molar-refractivity contribution in [3.8, 4) is 11.3 Å². The summed E-state index contributed by atoms with van der Waals surface area (Å²) in [5.74, 6) is -0.845. The Balaban J connectivity index is 1.18. The highest BCUT2D eigenvalue weighted by molar-refractivity contribution is 6.05. The molecule has 2 amide bonds. The van der Waals surface area contributed by atoms with Gasteiger partial charge >= 0.3 is 5.97 Å². The Labute approximate surface area is 276 Å². The number of carbonyl (C=O) groups excluding carboxylic acids is 2. The number of carboxylic acid groups (broad SMARTS) is 1. The van der Waals surface area contributed by atoms with E-state index < -0.39 is 11.5 Å². The van der Waals surface area contributed by atoms with Gasteiger partial charge in [0.1, 0.15) is 5.54 Å². The van der Waals surface area contributed by atoms with Crippen LogP contribution in [0.1, 0.15) is 91.7 Å². The van der Waals surface area contributed by atoms with Crippen molar-refractivity contribution in [2.45, 2.75) is 88.6 Å². The molecular weight excluding hydrogens is 588 g/mol. The van der Waals surface area contributed by atoms with Crippen molar-refractivity contribution in [1.29, 1.82) is 0 Å². The van der Waals surface area contributed by atoms with Gasteiger partial charge in [0, 0.05) is 35.1 Å². The molecule has 0 spiro atoms. The highest BCUT2D eigenvalue weighted by Crippen LogP contribution is 2.47. The number of nitrogens with one attached hydrogen (secondary N) is 3. The Morgan fingerprint density at radius 3 is 2.45 bits per heavy atom. The molecule has 2 aliphatic heterocycles. The van der Waals surface area contributed by atoms with E-state index in [-0.39, 0.29) is 11.8 Å². The SMILES string of the molecule is O=C(O)/C=C/c1ccc(NC(=O)C2(NC(=O)C3=Cc4c(c(C5CCCCC5)c5n4CCCc4ccccc4-5)CC3)CCNCC2)cc1. The van der Waals surface area contributed by atoms with Crippen LogP contribution in [-0.4, -0.2) is 46.1 Å². The molecule has 4 N–H and O–H groups in total. The summed E-state index contributed by atoms with van der Waals surface area (Å²) in [6.45, 7) is 2.20. The molecule has 3 heterocycles. The summed E-state index contributed by atoms with van der Waals surface area (Å²) in [5.41, 5.74) is 9.33. The van der Waals surface area contributed by atoms with Gasteiger partial charge in [-0.15, -0.1) is 0 Å². The zero-order chi connectivity index (χ0) is 32.4. The molecule has 3 aromatic rings. The second-order valence-electron chi connectivity index (χ2n) is 13.6. The van der Waals surface area contributed by atoms with Crippen molar-refractivity contribution in [2.75, 3.05) is 18.4 Å². The first-order valence-corrected chi connectivity index (χ1v) is 17.3. The average molecular weight is 633 g/mol. The molecule has 0 atom stereocenters. The number of hydrogen-bond acceptors (Lipinski definition) is 4. The fourth-order valence-electron chi connectivity index (χ4n) is 8.22. The number of carboxylic acids is 1. The van der Waals surface area contributed by atoms with Gasteiger partial charge in [-0.2, -0.15) is 0 Å². The third-order valence-corrected chi connectivity index (χ3v) is 10.6. The maximum atomic E-state index is 14.1. The van der Waals surface area contributed by atoms with E-state index in [1.165, 1.54) is 71.8 Å². The number of piperidine rings is 1. The Morgan fingerprint density at radius 1 is 0.915 bits per heavy atom. The lowest BCUT2D eigenvalue weighted by Gasteiger charge is -2.37. The number of amides is 2. The third kappa shape index (κ3) is 6.31. The predicted molar refractivity (Wildman–Crippen MR) is 185 cm³/mol. The Morgan fingerprint density at radius 2 is 1.68 bits per heavy atom. The van der Waals surface area contributed by atoms with Gasteiger partial charge in [0.2, 0.25) is 11.8 Å². The van der Waals surface area contributed by atoms with Gasteiger partial charge in [0.25, 0.3) is 0 Å². The van der Waals surface area contributed by atoms with Gasteiger partial charge in [-0.25, -0.2) is 4.79 Å². The van der Waals surface area contributed by atoms with Crippen molar-refractivity contribution in [3.63, 3.8) is 0 Å². The van der Waals surface area contributed by atoms with Crippen LogP contribution in [0.15, 0.2) is 60.2 Å². The number of carbonyl (C=O) groups is 3. The number of anilines is 1. The van der Waals surface area contributed by atoms with Crippen LogP contribution in [0.3, 0.4) is 0 Å². The molecule has 0 radical (unpaired) electrons. The monoisotopic (exact) mass is 632 g/mol. The minimum absolute atomic E-state index is 0.161. The van der Waals surface area contributed by atoms with Gasteiger partial charge in [-0.05, 0) is 117 Å². The number of fused-ring (bicyclic) bond motifs is 5. The van der Waals surface area contributed by atoms with Crippen LogP contribution in [0.25, 0.3) is 23.4 Å². The maximum Gasteiger partial charge on any atom is 0.328 e. The number of hydrogen-bond donors (Lipinski definition) is 4. The molecule has 2 aliphatic carbocycles. The summed E-state index contributed by atoms with van der Waals surface area (Å²) < 4.78 is 2.51. The molecule has 1 aromatic heterocycles. The minimum Gasteiger partial charge on any atom is -0.478 e. The molecule has 2 fully saturated rings. The van der Waals surface area contributed by atoms with Crippen molar-refractivity contribution >= 4 is 35.6 Å². The quantitative estimate of drug-likeness (QED) is 0.224. The summed E-state index contributed by atoms with van der Waals surface area (Å²) in [6.07, 6.45) is 15.7. The van der Waals surface area contributed by atoms with Crippen LogP contribution >= 0.6 is 0 Å². The number of aromatic nitrogens is 1. The van der Waals surface area contributed by atoms with Gasteiger partial charge in [0.05, 0.1) is 5.69 Å². The van der Waals surface area contributed by atoms with Crippen molar-refractivity contribution in [2.24, 2.45) is 0 Å². The first-order chi connectivity index (χ1) is 22.9. The Hall–Kier alpha value is -4.43. The van der Waals surface area contributed by atoms with Crippen LogP contribution in [0, 0.1) is 0 Å². The number of nitrogens with zero attached hydrogens (tertiary/aromatic N) is 1. The summed E-state index contributed by atoms with van der Waals surface area (Å²) in [7, 11) is 0. The summed E-state index contributed by atoms with van der Waals surface area (Å²) in [6, 6.07) is 15.9. The van der Waals surface area contributed by atoms with Gasteiger partial charge in [-0.3, -0.25) is 9.59 Å². The molecule has 4 aliphatic rings. The standard InChI is InChI=1S/C39H44N4O4/c44-34(45)19-14-26-12-16-30(17-13-26)41-38(47)39(20-22-40-23-21-39)42-37(46)29-15-18-32-33(25-29)43-24-6-10-27-7-4-5-11-31(27)36(43)35(32)28-8-2-1-3-9-28/h4-5,7,11-14,16-17,19,25,28,40H,1-3,6,8-10,15,18,20-24H2,(H,41,47)(H,42,46)(H,44,45)/b19-14+. The third-order valence-electron chi connectivity index (χ3n) is 10.6. The van der Waals surface area contributed by atoms with E-state index in [0.717, 1.165) is 43.0 Å². The second kappa shape index (κ2) is 13.4. The molecular formula is C39H44N4O4. The lowest BCUT2D eigenvalue weighted by atomic mass is 9.79. The highest BCUT2D eigenvalue weighted by Gasteiger charge is 2.42. The van der Waals surface area contributed by atoms with Crippen LogP contribution in [0.5, 0.6) is 0 Å². The van der Waals surface area contributed by atoms with E-state index >= 15 is 0 Å². The van der Waals surface area contributed by atoms with Crippen LogP contribution in [0.2, 0.25) is 0 Å². The van der Waals surface area contributed by atoms with E-state index in [4.69, 9.17) is 5.11 Å². The van der Waals surface area contributed by atoms with E-state index in [9.17, 15) is 14.4 Å². The second-order valence-corrected chi connectivity index (χ2v) is 13.6. The topological polar surface area (TPSA) is 112 Å². The maximum absolute atomic E-state index is 14.1. The molecule has 47 heavy (non-hydrogen) atoms. The van der Waals surface area contributed by atoms with Gasteiger partial charge < -0.3 is 25.6 Å². The van der Waals surface area contributed by atoms with E-state index in [0.29, 0.717) is 44.0 Å². The molecule has 7 rings (SSSR count). The lowest BCUT2D eigenvalue weighted by molar-refractivity contribution is -0.131. The van der Waals surface area contributed by atoms with Crippen molar-refractivity contribution < 1.29 is 19.5 Å². The molecule has 0 bridgehead atoms. The Kier molecular flexibility index (Phi) is 8.86. The number of aliphatic carboxylic acids is 1. The minimum atomic E-state index is -1.03. The molecule has 1 saturated carbocycles. The molecule has 8 heteroatoms. The first kappa shape index (κ1) is 31.2. The average Bonchev–Trinajstić information content (AvgIpc) is 3.29. The van der Waals surface area contributed by atoms with E-state index in [2.05, 4.69) is 50.9 Å². The van der Waals surface area contributed by atoms with Crippen LogP contribution in [0.4, 0.5) is 5.69 Å². The van der Waals surface area contributed by atoms with Gasteiger partial charge in [-0.1, -0.05) is 55.7 Å².